The third kappa shape index (κ3) is 5.34. The van der Waals surface area contributed by atoms with E-state index in [1.54, 1.807) is 11.1 Å². The maximum Gasteiger partial charge on any atom is 0.0583 e. The van der Waals surface area contributed by atoms with Crippen molar-refractivity contribution in [2.75, 3.05) is 5.75 Å². The van der Waals surface area contributed by atoms with Crippen LogP contribution in [0.2, 0.25) is 0 Å². The van der Waals surface area contributed by atoms with E-state index in [0.717, 1.165) is 19.3 Å². The SMILES string of the molecule is C=C1CC[C@H](O)C/C1=C/C=C1\CCC[C@]2(C)C([C@H](C)CCCSc3ccccc3)=CC[C@@H]12. The first-order valence-electron chi connectivity index (χ1n) is 12.6. The van der Waals surface area contributed by atoms with Gasteiger partial charge in [0.2, 0.25) is 0 Å². The van der Waals surface area contributed by atoms with Crippen molar-refractivity contribution in [3.8, 4) is 0 Å². The second kappa shape index (κ2) is 10.6. The molecular formula is C30H40OS. The molecule has 0 radical (unpaired) electrons. The molecule has 2 heteroatoms. The van der Waals surface area contributed by atoms with Crippen molar-refractivity contribution in [1.29, 1.82) is 0 Å². The Hall–Kier alpha value is -1.51. The molecule has 1 N–H and O–H groups in total. The summed E-state index contributed by atoms with van der Waals surface area (Å²) in [7, 11) is 0. The molecule has 0 amide bonds. The Labute approximate surface area is 199 Å². The minimum Gasteiger partial charge on any atom is -0.393 e. The molecule has 0 saturated heterocycles. The molecule has 0 unspecified atom stereocenters. The number of fused-ring (bicyclic) bond motifs is 1. The van der Waals surface area contributed by atoms with Gasteiger partial charge in [0.15, 0.2) is 0 Å². The van der Waals surface area contributed by atoms with Crippen LogP contribution in [0.15, 0.2) is 82.3 Å². The quantitative estimate of drug-likeness (QED) is 0.257. The van der Waals surface area contributed by atoms with Crippen molar-refractivity contribution in [2.24, 2.45) is 17.3 Å². The maximum atomic E-state index is 10.1. The molecular weight excluding hydrogens is 408 g/mol. The van der Waals surface area contributed by atoms with Crippen LogP contribution in [0.25, 0.3) is 0 Å². The van der Waals surface area contributed by atoms with E-state index in [9.17, 15) is 5.11 Å². The van der Waals surface area contributed by atoms with Gasteiger partial charge < -0.3 is 5.11 Å². The van der Waals surface area contributed by atoms with Gasteiger partial charge in [-0.2, -0.15) is 0 Å². The largest absolute Gasteiger partial charge is 0.393 e. The highest BCUT2D eigenvalue weighted by Crippen LogP contribution is 2.57. The molecule has 4 atom stereocenters. The Bertz CT molecular complexity index is 893. The summed E-state index contributed by atoms with van der Waals surface area (Å²) in [5.41, 5.74) is 6.16. The van der Waals surface area contributed by atoms with E-state index >= 15 is 0 Å². The van der Waals surface area contributed by atoms with E-state index in [-0.39, 0.29) is 6.10 Å². The summed E-state index contributed by atoms with van der Waals surface area (Å²) < 4.78 is 0. The number of aliphatic hydroxyl groups is 1. The van der Waals surface area contributed by atoms with Gasteiger partial charge in [-0.15, -0.1) is 11.8 Å². The summed E-state index contributed by atoms with van der Waals surface area (Å²) in [4.78, 5) is 1.39. The molecule has 1 aromatic rings. The zero-order valence-electron chi connectivity index (χ0n) is 20.0. The first-order valence-corrected chi connectivity index (χ1v) is 13.6. The van der Waals surface area contributed by atoms with Crippen LogP contribution in [-0.2, 0) is 0 Å². The lowest BCUT2D eigenvalue weighted by Crippen LogP contribution is -2.32. The molecule has 1 nitrogen and oxygen atoms in total. The monoisotopic (exact) mass is 448 g/mol. The van der Waals surface area contributed by atoms with Crippen LogP contribution in [0.5, 0.6) is 0 Å². The minimum atomic E-state index is -0.192. The van der Waals surface area contributed by atoms with E-state index in [1.165, 1.54) is 60.3 Å². The van der Waals surface area contributed by atoms with Gasteiger partial charge in [0.05, 0.1) is 6.10 Å². The summed E-state index contributed by atoms with van der Waals surface area (Å²) in [6, 6.07) is 10.8. The van der Waals surface area contributed by atoms with Crippen LogP contribution < -0.4 is 0 Å². The number of thioether (sulfide) groups is 1. The predicted molar refractivity (Wildman–Crippen MR) is 139 cm³/mol. The Balaban J connectivity index is 1.36. The molecule has 3 aliphatic carbocycles. The number of rotatable bonds is 7. The number of allylic oxidation sites excluding steroid dienone is 6. The minimum absolute atomic E-state index is 0.192. The van der Waals surface area contributed by atoms with Crippen LogP contribution in [0.4, 0.5) is 0 Å². The van der Waals surface area contributed by atoms with Crippen LogP contribution in [0.1, 0.15) is 71.6 Å². The highest BCUT2D eigenvalue weighted by atomic mass is 32.2. The second-order valence-corrected chi connectivity index (χ2v) is 11.5. The van der Waals surface area contributed by atoms with Crippen molar-refractivity contribution < 1.29 is 5.11 Å². The van der Waals surface area contributed by atoms with Crippen LogP contribution in [0.3, 0.4) is 0 Å². The van der Waals surface area contributed by atoms with Crippen LogP contribution in [-0.4, -0.2) is 17.0 Å². The second-order valence-electron chi connectivity index (χ2n) is 10.4. The lowest BCUT2D eigenvalue weighted by molar-refractivity contribution is 0.158. The summed E-state index contributed by atoms with van der Waals surface area (Å²) in [5.74, 6) is 2.54. The summed E-state index contributed by atoms with van der Waals surface area (Å²) >= 11 is 1.99. The third-order valence-electron chi connectivity index (χ3n) is 8.12. The fourth-order valence-electron chi connectivity index (χ4n) is 6.26. The topological polar surface area (TPSA) is 20.2 Å². The van der Waals surface area contributed by atoms with E-state index < -0.39 is 0 Å². The van der Waals surface area contributed by atoms with Crippen LogP contribution >= 0.6 is 11.8 Å². The van der Waals surface area contributed by atoms with Gasteiger partial charge in [0, 0.05) is 4.90 Å². The molecule has 32 heavy (non-hydrogen) atoms. The van der Waals surface area contributed by atoms with E-state index in [1.807, 2.05) is 11.8 Å². The van der Waals surface area contributed by atoms with Gasteiger partial charge >= 0.3 is 0 Å². The molecule has 0 aliphatic heterocycles. The summed E-state index contributed by atoms with van der Waals surface area (Å²) in [6.45, 7) is 9.24. The molecule has 0 bridgehead atoms. The van der Waals surface area contributed by atoms with E-state index in [4.69, 9.17) is 0 Å². The average Bonchev–Trinajstić information content (AvgIpc) is 3.15. The third-order valence-corrected chi connectivity index (χ3v) is 9.22. The summed E-state index contributed by atoms with van der Waals surface area (Å²) in [5, 5.41) is 10.1. The van der Waals surface area contributed by atoms with Crippen molar-refractivity contribution in [1.82, 2.24) is 0 Å². The predicted octanol–water partition coefficient (Wildman–Crippen LogP) is 8.29. The zero-order valence-corrected chi connectivity index (χ0v) is 20.8. The van der Waals surface area contributed by atoms with Crippen molar-refractivity contribution in [3.63, 3.8) is 0 Å². The van der Waals surface area contributed by atoms with Crippen molar-refractivity contribution >= 4 is 11.8 Å². The average molecular weight is 449 g/mol. The smallest absolute Gasteiger partial charge is 0.0583 e. The van der Waals surface area contributed by atoms with Crippen LogP contribution in [0, 0.1) is 17.3 Å². The molecule has 0 aromatic heterocycles. The van der Waals surface area contributed by atoms with Crippen molar-refractivity contribution in [2.45, 2.75) is 82.6 Å². The Morgan fingerprint density at radius 3 is 2.84 bits per heavy atom. The molecule has 0 spiro atoms. The Morgan fingerprint density at radius 1 is 1.22 bits per heavy atom. The maximum absolute atomic E-state index is 10.1. The lowest BCUT2D eigenvalue weighted by Gasteiger charge is -2.42. The van der Waals surface area contributed by atoms with Gasteiger partial charge in [-0.05, 0) is 98.5 Å². The molecule has 0 heterocycles. The van der Waals surface area contributed by atoms with Gasteiger partial charge in [0.25, 0.3) is 0 Å². The van der Waals surface area contributed by atoms with Gasteiger partial charge in [-0.3, -0.25) is 0 Å². The molecule has 2 saturated carbocycles. The van der Waals surface area contributed by atoms with E-state index in [0.29, 0.717) is 17.3 Å². The summed E-state index contributed by atoms with van der Waals surface area (Å²) in [6.07, 6.45) is 17.3. The highest BCUT2D eigenvalue weighted by molar-refractivity contribution is 7.99. The first-order chi connectivity index (χ1) is 15.5. The number of aliphatic hydroxyl groups excluding tert-OH is 1. The van der Waals surface area contributed by atoms with Gasteiger partial charge in [-0.1, -0.05) is 73.6 Å². The lowest BCUT2D eigenvalue weighted by atomic mass is 9.62. The number of hydrogen-bond acceptors (Lipinski definition) is 2. The highest BCUT2D eigenvalue weighted by Gasteiger charge is 2.45. The van der Waals surface area contributed by atoms with Crippen molar-refractivity contribution in [3.05, 3.63) is 77.4 Å². The molecule has 1 aromatic carbocycles. The first kappa shape index (κ1) is 23.6. The van der Waals surface area contributed by atoms with E-state index in [2.05, 4.69) is 69.0 Å². The molecule has 2 fully saturated rings. The molecule has 172 valence electrons. The number of benzene rings is 1. The van der Waals surface area contributed by atoms with Gasteiger partial charge in [0.1, 0.15) is 0 Å². The fourth-order valence-corrected chi connectivity index (χ4v) is 7.16. The Morgan fingerprint density at radius 2 is 2.03 bits per heavy atom. The fraction of sp³-hybridized carbons (Fsp3) is 0.533. The van der Waals surface area contributed by atoms with Gasteiger partial charge in [-0.25, -0.2) is 0 Å². The standard InChI is InChI=1S/C30H40OS/c1-22-13-16-26(31)21-25(22)15-14-24-10-7-19-30(3)28(17-18-29(24)30)23(2)9-8-20-32-27-11-5-4-6-12-27/h4-6,11-12,14-15,17,23,26,29,31H,1,7-10,13,16,18-21H2,2-3H3/b24-14+,25-15-/t23-,26+,29+,30-/m1/s1. The number of hydrogen-bond donors (Lipinski definition) is 1. The molecule has 4 rings (SSSR count). The molecule has 3 aliphatic rings. The zero-order chi connectivity index (χ0) is 22.6. The normalized spacial score (nSPS) is 31.6. The Kier molecular flexibility index (Phi) is 7.84.